The first-order valence-electron chi connectivity index (χ1n) is 9.53. The molecule has 1 aromatic rings. The zero-order chi connectivity index (χ0) is 23.6. The predicted octanol–water partition coefficient (Wildman–Crippen LogP) is 2.45. The van der Waals surface area contributed by atoms with E-state index in [0.717, 1.165) is 12.7 Å². The van der Waals surface area contributed by atoms with Gasteiger partial charge in [-0.15, -0.1) is 6.58 Å². The molecule has 2 amide bonds. The van der Waals surface area contributed by atoms with E-state index in [4.69, 9.17) is 9.47 Å². The van der Waals surface area contributed by atoms with Crippen LogP contribution in [-0.2, 0) is 25.6 Å². The predicted molar refractivity (Wildman–Crippen MR) is 114 cm³/mol. The largest absolute Gasteiger partial charge is 0.466 e. The Balaban J connectivity index is 2.96. The van der Waals surface area contributed by atoms with Crippen molar-refractivity contribution in [1.29, 1.82) is 0 Å². The summed E-state index contributed by atoms with van der Waals surface area (Å²) in [5.74, 6) is -0.877. The second-order valence-electron chi connectivity index (χ2n) is 7.60. The van der Waals surface area contributed by atoms with Gasteiger partial charge in [0.15, 0.2) is 0 Å². The van der Waals surface area contributed by atoms with E-state index in [-0.39, 0.29) is 12.2 Å². The fraction of sp³-hybridized carbons (Fsp3) is 0.409. The lowest BCUT2D eigenvalue weighted by atomic mass is 9.97. The molecule has 3 N–H and O–H groups in total. The van der Waals surface area contributed by atoms with Gasteiger partial charge in [0.25, 0.3) is 0 Å². The van der Waals surface area contributed by atoms with E-state index in [1.165, 1.54) is 6.08 Å². The Morgan fingerprint density at radius 3 is 2.26 bits per heavy atom. The van der Waals surface area contributed by atoms with E-state index in [9.17, 15) is 19.5 Å². The molecule has 0 saturated carbocycles. The van der Waals surface area contributed by atoms with Crippen molar-refractivity contribution < 1.29 is 33.7 Å². The molecule has 1 rings (SSSR count). The molecule has 9 nitrogen and oxygen atoms in total. The molecule has 0 radical (unpaired) electrons. The van der Waals surface area contributed by atoms with Gasteiger partial charge in [-0.05, 0) is 26.3 Å². The third-order valence-electron chi connectivity index (χ3n) is 3.97. The van der Waals surface area contributed by atoms with Crippen molar-refractivity contribution in [2.75, 3.05) is 7.11 Å². The monoisotopic (exact) mass is 434 g/mol. The molecule has 31 heavy (non-hydrogen) atoms. The van der Waals surface area contributed by atoms with Crippen molar-refractivity contribution in [3.8, 4) is 0 Å². The number of amides is 2. The van der Waals surface area contributed by atoms with Crippen LogP contribution in [0.15, 0.2) is 55.1 Å². The molecular weight excluding hydrogens is 404 g/mol. The second kappa shape index (κ2) is 11.8. The van der Waals surface area contributed by atoms with Crippen molar-refractivity contribution in [2.45, 2.75) is 51.2 Å². The number of hydrogen-bond donors (Lipinski definition) is 3. The normalized spacial score (nSPS) is 13.7. The topological polar surface area (TPSA) is 123 Å². The smallest absolute Gasteiger partial charge is 0.408 e. The summed E-state index contributed by atoms with van der Waals surface area (Å²) in [6.45, 7) is 12.1. The van der Waals surface area contributed by atoms with Crippen molar-refractivity contribution in [1.82, 2.24) is 10.6 Å². The van der Waals surface area contributed by atoms with Gasteiger partial charge in [-0.3, -0.25) is 0 Å². The summed E-state index contributed by atoms with van der Waals surface area (Å²) in [6, 6.07) is 6.73. The third kappa shape index (κ3) is 8.91. The quantitative estimate of drug-likeness (QED) is 0.236. The maximum Gasteiger partial charge on any atom is 0.408 e. The number of carbonyl (C=O) groups is 3. The van der Waals surface area contributed by atoms with Crippen molar-refractivity contribution in [3.63, 3.8) is 0 Å². The number of alkyl carbamates (subject to hydrolysis) is 2. The van der Waals surface area contributed by atoms with E-state index < -0.39 is 41.9 Å². The minimum atomic E-state index is -1.61. The number of aliphatic hydroxyl groups is 1. The number of benzene rings is 1. The van der Waals surface area contributed by atoms with Crippen molar-refractivity contribution >= 4 is 18.2 Å². The van der Waals surface area contributed by atoms with Crippen LogP contribution in [0.4, 0.5) is 9.59 Å². The third-order valence-corrected chi connectivity index (χ3v) is 3.97. The van der Waals surface area contributed by atoms with E-state index in [1.54, 1.807) is 45.0 Å². The molecule has 170 valence electrons. The maximum atomic E-state index is 12.3. The summed E-state index contributed by atoms with van der Waals surface area (Å²) in [4.78, 5) is 36.4. The molecule has 1 aromatic carbocycles. The van der Waals surface area contributed by atoms with E-state index in [0.29, 0.717) is 0 Å². The summed E-state index contributed by atoms with van der Waals surface area (Å²) in [5, 5.41) is 15.6. The van der Waals surface area contributed by atoms with Gasteiger partial charge in [0.2, 0.25) is 0 Å². The molecule has 0 fully saturated rings. The Labute approximate surface area is 182 Å². The molecule has 0 aliphatic heterocycles. The molecule has 0 spiro atoms. The van der Waals surface area contributed by atoms with Gasteiger partial charge in [0.1, 0.15) is 18.3 Å². The number of methoxy groups -OCH3 is 1. The van der Waals surface area contributed by atoms with Gasteiger partial charge in [0, 0.05) is 0 Å². The Bertz CT molecular complexity index is 787. The van der Waals surface area contributed by atoms with Gasteiger partial charge >= 0.3 is 18.2 Å². The van der Waals surface area contributed by atoms with E-state index in [2.05, 4.69) is 28.5 Å². The highest BCUT2D eigenvalue weighted by Crippen LogP contribution is 2.14. The fourth-order valence-corrected chi connectivity index (χ4v) is 2.47. The molecule has 0 aliphatic rings. The molecule has 0 unspecified atom stereocenters. The van der Waals surface area contributed by atoms with Crippen LogP contribution in [0.3, 0.4) is 0 Å². The molecule has 0 aromatic heterocycles. The highest BCUT2D eigenvalue weighted by atomic mass is 16.6. The highest BCUT2D eigenvalue weighted by molar-refractivity contribution is 5.89. The van der Waals surface area contributed by atoms with Crippen molar-refractivity contribution in [2.24, 2.45) is 0 Å². The first-order valence-corrected chi connectivity index (χ1v) is 9.53. The van der Waals surface area contributed by atoms with Crippen molar-refractivity contribution in [3.05, 3.63) is 60.7 Å². The summed E-state index contributed by atoms with van der Waals surface area (Å²) in [6.07, 6.45) is -2.03. The van der Waals surface area contributed by atoms with Crippen LogP contribution in [0, 0.1) is 0 Å². The number of carbonyl (C=O) groups excluding carboxylic acids is 3. The first-order chi connectivity index (χ1) is 14.5. The minimum absolute atomic E-state index is 0.0120. The summed E-state index contributed by atoms with van der Waals surface area (Å²) < 4.78 is 14.9. The number of hydrogen-bond acceptors (Lipinski definition) is 7. The zero-order valence-electron chi connectivity index (χ0n) is 18.2. The van der Waals surface area contributed by atoms with Crippen LogP contribution in [0.2, 0.25) is 0 Å². The Morgan fingerprint density at radius 1 is 1.13 bits per heavy atom. The van der Waals surface area contributed by atoms with Crippen LogP contribution in [0.25, 0.3) is 0 Å². The fourth-order valence-electron chi connectivity index (χ4n) is 2.47. The lowest BCUT2D eigenvalue weighted by Crippen LogP contribution is -2.57. The first kappa shape index (κ1) is 25.7. The number of ether oxygens (including phenoxy) is 3. The molecule has 0 heterocycles. The number of esters is 1. The molecule has 9 heteroatoms. The number of aliphatic hydroxyl groups excluding tert-OH is 1. The molecule has 0 aliphatic carbocycles. The Morgan fingerprint density at radius 2 is 1.74 bits per heavy atom. The molecular formula is C22H30N2O7. The average molecular weight is 434 g/mol. The van der Waals surface area contributed by atoms with Crippen LogP contribution >= 0.6 is 0 Å². The standard InChI is InChI=1S/C22H30N2O7/c1-7-16(23-20(27)30-13-15-11-9-8-10-12-15)17(18(25)14(2)19(26)29-6)24-21(28)31-22(3,4)5/h7-12,16-18,25H,1-2,13H2,3-6H3,(H,23,27)(H,24,28)/t16-,17-,18-/m1/s1. The second-order valence-corrected chi connectivity index (χ2v) is 7.60. The zero-order valence-corrected chi connectivity index (χ0v) is 18.2. The lowest BCUT2D eigenvalue weighted by molar-refractivity contribution is -0.137. The van der Waals surface area contributed by atoms with Gasteiger partial charge in [-0.2, -0.15) is 0 Å². The van der Waals surface area contributed by atoms with Crippen LogP contribution in [-0.4, -0.2) is 54.2 Å². The average Bonchev–Trinajstić information content (AvgIpc) is 2.72. The van der Waals surface area contributed by atoms with Gasteiger partial charge < -0.3 is 30.0 Å². The molecule has 0 bridgehead atoms. The van der Waals surface area contributed by atoms with E-state index in [1.807, 2.05) is 6.07 Å². The Hall–Kier alpha value is -3.33. The Kier molecular flexibility index (Phi) is 9.75. The van der Waals surface area contributed by atoms with Gasteiger partial charge in [-0.1, -0.05) is 43.0 Å². The minimum Gasteiger partial charge on any atom is -0.466 e. The number of rotatable bonds is 9. The van der Waals surface area contributed by atoms with Gasteiger partial charge in [0.05, 0.1) is 24.8 Å². The summed E-state index contributed by atoms with van der Waals surface area (Å²) in [5.41, 5.74) is -0.366. The van der Waals surface area contributed by atoms with Crippen LogP contribution in [0.1, 0.15) is 26.3 Å². The maximum absolute atomic E-state index is 12.3. The van der Waals surface area contributed by atoms with Crippen LogP contribution < -0.4 is 10.6 Å². The SMILES string of the molecule is C=C[C@@H](NC(=O)OCc1ccccc1)[C@@H](NC(=O)OC(C)(C)C)[C@H](O)C(=C)C(=O)OC. The highest BCUT2D eigenvalue weighted by Gasteiger charge is 2.35. The summed E-state index contributed by atoms with van der Waals surface area (Å²) in [7, 11) is 1.13. The van der Waals surface area contributed by atoms with E-state index >= 15 is 0 Å². The molecule has 3 atom stereocenters. The van der Waals surface area contributed by atoms with Gasteiger partial charge in [-0.25, -0.2) is 14.4 Å². The number of nitrogens with one attached hydrogen (secondary N) is 2. The summed E-state index contributed by atoms with van der Waals surface area (Å²) >= 11 is 0. The molecule has 0 saturated heterocycles. The van der Waals surface area contributed by atoms with Crippen LogP contribution in [0.5, 0.6) is 0 Å². The lowest BCUT2D eigenvalue weighted by Gasteiger charge is -2.31.